The van der Waals surface area contributed by atoms with Crippen LogP contribution in [-0.2, 0) is 11.2 Å². The molecule has 8 nitrogen and oxygen atoms in total. The SMILES string of the molecule is COCOc1cc2occ(-c3ccc(OC)c(OC)c3)c(=O)c2c2c1CC(O)C(C)(C)O2. The zero-order valence-electron chi connectivity index (χ0n) is 18.7. The molecule has 1 aliphatic heterocycles. The van der Waals surface area contributed by atoms with E-state index >= 15 is 0 Å². The molecule has 0 fully saturated rings. The number of hydrogen-bond donors (Lipinski definition) is 1. The highest BCUT2D eigenvalue weighted by Gasteiger charge is 2.39. The van der Waals surface area contributed by atoms with Gasteiger partial charge in [0, 0.05) is 25.2 Å². The molecule has 4 rings (SSSR count). The number of fused-ring (bicyclic) bond motifs is 3. The third kappa shape index (κ3) is 3.65. The van der Waals surface area contributed by atoms with Gasteiger partial charge in [-0.3, -0.25) is 4.79 Å². The molecule has 1 unspecified atom stereocenters. The van der Waals surface area contributed by atoms with Crippen molar-refractivity contribution in [1.82, 2.24) is 0 Å². The average Bonchev–Trinajstić information content (AvgIpc) is 2.78. The van der Waals surface area contributed by atoms with Gasteiger partial charge < -0.3 is 33.2 Å². The number of rotatable bonds is 6. The van der Waals surface area contributed by atoms with Crippen LogP contribution in [0, 0.1) is 0 Å². The maximum atomic E-state index is 13.6. The molecule has 8 heteroatoms. The van der Waals surface area contributed by atoms with Crippen LogP contribution < -0.4 is 24.4 Å². The van der Waals surface area contributed by atoms with Gasteiger partial charge in [-0.1, -0.05) is 6.07 Å². The van der Waals surface area contributed by atoms with Crippen molar-refractivity contribution >= 4 is 11.0 Å². The highest BCUT2D eigenvalue weighted by molar-refractivity contribution is 5.90. The van der Waals surface area contributed by atoms with Crippen LogP contribution in [0.4, 0.5) is 0 Å². The fraction of sp³-hybridized carbons (Fsp3) is 0.375. The molecular weight excluding hydrogens is 416 g/mol. The predicted octanol–water partition coefficient (Wildman–Crippen LogP) is 3.53. The highest BCUT2D eigenvalue weighted by atomic mass is 16.7. The van der Waals surface area contributed by atoms with Crippen LogP contribution in [0.1, 0.15) is 19.4 Å². The minimum atomic E-state index is -0.897. The van der Waals surface area contributed by atoms with Crippen LogP contribution in [0.5, 0.6) is 23.0 Å². The van der Waals surface area contributed by atoms with Gasteiger partial charge in [0.05, 0.1) is 25.9 Å². The maximum absolute atomic E-state index is 13.6. The molecule has 0 saturated heterocycles. The Balaban J connectivity index is 1.96. The molecule has 3 aromatic rings. The number of aliphatic hydroxyl groups excluding tert-OH is 1. The lowest BCUT2D eigenvalue weighted by Crippen LogP contribution is -2.46. The first-order chi connectivity index (χ1) is 15.3. The molecule has 2 heterocycles. The maximum Gasteiger partial charge on any atom is 0.204 e. The van der Waals surface area contributed by atoms with E-state index in [1.165, 1.54) is 20.5 Å². The van der Waals surface area contributed by atoms with Crippen LogP contribution in [0.15, 0.2) is 39.7 Å². The van der Waals surface area contributed by atoms with Crippen LogP contribution in [0.25, 0.3) is 22.1 Å². The van der Waals surface area contributed by atoms with Gasteiger partial charge in [0.1, 0.15) is 34.3 Å². The summed E-state index contributed by atoms with van der Waals surface area (Å²) in [4.78, 5) is 13.6. The molecule has 0 radical (unpaired) electrons. The molecule has 1 atom stereocenters. The molecule has 0 amide bonds. The summed E-state index contributed by atoms with van der Waals surface area (Å²) in [7, 11) is 4.59. The van der Waals surface area contributed by atoms with E-state index in [9.17, 15) is 9.90 Å². The van der Waals surface area contributed by atoms with E-state index in [0.29, 0.717) is 45.3 Å². The lowest BCUT2D eigenvalue weighted by Gasteiger charge is -2.37. The van der Waals surface area contributed by atoms with Crippen LogP contribution >= 0.6 is 0 Å². The third-order valence-electron chi connectivity index (χ3n) is 5.67. The number of aliphatic hydroxyl groups is 1. The molecule has 2 aromatic carbocycles. The number of methoxy groups -OCH3 is 3. The lowest BCUT2D eigenvalue weighted by molar-refractivity contribution is -0.0415. The second-order valence-electron chi connectivity index (χ2n) is 8.08. The predicted molar refractivity (Wildman–Crippen MR) is 118 cm³/mol. The number of ether oxygens (including phenoxy) is 5. The van der Waals surface area contributed by atoms with E-state index in [2.05, 4.69) is 0 Å². The summed E-state index contributed by atoms with van der Waals surface area (Å²) in [5.74, 6) is 1.83. The molecular formula is C24H26O8. The van der Waals surface area contributed by atoms with Gasteiger partial charge in [0.25, 0.3) is 0 Å². The number of hydrogen-bond acceptors (Lipinski definition) is 8. The zero-order chi connectivity index (χ0) is 23.0. The van der Waals surface area contributed by atoms with Crippen molar-refractivity contribution in [2.75, 3.05) is 28.1 Å². The lowest BCUT2D eigenvalue weighted by atomic mass is 9.89. The molecule has 170 valence electrons. The molecule has 0 aliphatic carbocycles. The Labute approximate surface area is 185 Å². The van der Waals surface area contributed by atoms with E-state index in [4.69, 9.17) is 28.1 Å². The van der Waals surface area contributed by atoms with Gasteiger partial charge >= 0.3 is 0 Å². The fourth-order valence-corrected chi connectivity index (χ4v) is 3.80. The van der Waals surface area contributed by atoms with Crippen molar-refractivity contribution in [3.63, 3.8) is 0 Å². The van der Waals surface area contributed by atoms with Gasteiger partial charge in [-0.2, -0.15) is 0 Å². The van der Waals surface area contributed by atoms with Crippen molar-refractivity contribution < 1.29 is 33.2 Å². The molecule has 1 aliphatic rings. The highest BCUT2D eigenvalue weighted by Crippen LogP contribution is 2.43. The Bertz CT molecular complexity index is 1210. The Morgan fingerprint density at radius 2 is 1.84 bits per heavy atom. The zero-order valence-corrected chi connectivity index (χ0v) is 18.7. The van der Waals surface area contributed by atoms with Gasteiger partial charge in [-0.25, -0.2) is 0 Å². The first-order valence-electron chi connectivity index (χ1n) is 10.1. The summed E-state index contributed by atoms with van der Waals surface area (Å²) in [5.41, 5.74) is 0.709. The van der Waals surface area contributed by atoms with Crippen molar-refractivity contribution in [2.24, 2.45) is 0 Å². The Hall–Kier alpha value is -3.23. The summed E-state index contributed by atoms with van der Waals surface area (Å²) in [6, 6.07) is 6.83. The first-order valence-corrected chi connectivity index (χ1v) is 10.1. The van der Waals surface area contributed by atoms with Crippen molar-refractivity contribution in [2.45, 2.75) is 32.0 Å². The molecule has 0 saturated carbocycles. The summed E-state index contributed by atoms with van der Waals surface area (Å²) in [6.45, 7) is 3.55. The van der Waals surface area contributed by atoms with Crippen LogP contribution in [0.3, 0.4) is 0 Å². The Morgan fingerprint density at radius 3 is 2.53 bits per heavy atom. The minimum absolute atomic E-state index is 0.00535. The first kappa shape index (κ1) is 22.0. The van der Waals surface area contributed by atoms with E-state index in [1.807, 2.05) is 0 Å². The number of benzene rings is 2. The second-order valence-corrected chi connectivity index (χ2v) is 8.08. The quantitative estimate of drug-likeness (QED) is 0.579. The van der Waals surface area contributed by atoms with Crippen LogP contribution in [0.2, 0.25) is 0 Å². The third-order valence-corrected chi connectivity index (χ3v) is 5.67. The summed E-state index contributed by atoms with van der Waals surface area (Å²) >= 11 is 0. The summed E-state index contributed by atoms with van der Waals surface area (Å²) < 4.78 is 33.4. The van der Waals surface area contributed by atoms with E-state index < -0.39 is 11.7 Å². The Morgan fingerprint density at radius 1 is 1.09 bits per heavy atom. The van der Waals surface area contributed by atoms with Gasteiger partial charge in [-0.05, 0) is 31.5 Å². The minimum Gasteiger partial charge on any atom is -0.493 e. The molecule has 0 spiro atoms. The summed E-state index contributed by atoms with van der Waals surface area (Å²) in [6.07, 6.45) is 0.886. The second kappa shape index (κ2) is 8.37. The monoisotopic (exact) mass is 442 g/mol. The molecule has 1 aromatic heterocycles. The molecule has 32 heavy (non-hydrogen) atoms. The van der Waals surface area contributed by atoms with E-state index in [0.717, 1.165) is 0 Å². The largest absolute Gasteiger partial charge is 0.493 e. The van der Waals surface area contributed by atoms with Gasteiger partial charge in [0.15, 0.2) is 18.3 Å². The summed E-state index contributed by atoms with van der Waals surface area (Å²) in [5, 5.41) is 10.9. The van der Waals surface area contributed by atoms with E-state index in [-0.39, 0.29) is 24.0 Å². The Kier molecular flexibility index (Phi) is 5.75. The van der Waals surface area contributed by atoms with Crippen LogP contribution in [-0.4, -0.2) is 44.9 Å². The molecule has 1 N–H and O–H groups in total. The van der Waals surface area contributed by atoms with Crippen molar-refractivity contribution in [1.29, 1.82) is 0 Å². The van der Waals surface area contributed by atoms with Gasteiger partial charge in [0.2, 0.25) is 5.43 Å². The van der Waals surface area contributed by atoms with Crippen molar-refractivity contribution in [3.05, 3.63) is 46.3 Å². The topological polar surface area (TPSA) is 96.6 Å². The standard InChI is InChI=1S/C24H26O8/c1-24(2)20(25)9-14-17(31-12-27-3)10-19-21(23(14)32-24)22(26)15(11-30-19)13-6-7-16(28-4)18(8-13)29-5/h6-8,10-11,20,25H,9,12H2,1-5H3. The normalized spacial score (nSPS) is 16.9. The average molecular weight is 442 g/mol. The molecule has 0 bridgehead atoms. The van der Waals surface area contributed by atoms with E-state index in [1.54, 1.807) is 45.2 Å². The van der Waals surface area contributed by atoms with Crippen molar-refractivity contribution in [3.8, 4) is 34.1 Å². The van der Waals surface area contributed by atoms with Gasteiger partial charge in [-0.15, -0.1) is 0 Å². The fourth-order valence-electron chi connectivity index (χ4n) is 3.80. The smallest absolute Gasteiger partial charge is 0.204 e.